The first-order chi connectivity index (χ1) is 12.0. The van der Waals surface area contributed by atoms with E-state index in [0.717, 1.165) is 30.2 Å². The predicted octanol–water partition coefficient (Wildman–Crippen LogP) is 3.37. The second-order valence-electron chi connectivity index (χ2n) is 6.48. The van der Waals surface area contributed by atoms with E-state index in [2.05, 4.69) is 55.0 Å². The Morgan fingerprint density at radius 2 is 1.88 bits per heavy atom. The van der Waals surface area contributed by atoms with Gasteiger partial charge in [-0.25, -0.2) is 4.68 Å². The molecule has 0 spiro atoms. The highest BCUT2D eigenvalue weighted by Crippen LogP contribution is 2.21. The molecule has 0 amide bonds. The summed E-state index contributed by atoms with van der Waals surface area (Å²) < 4.78 is 7.33. The highest BCUT2D eigenvalue weighted by atomic mass is 16.5. The molecule has 0 aliphatic carbocycles. The van der Waals surface area contributed by atoms with Crippen molar-refractivity contribution in [2.24, 2.45) is 0 Å². The van der Waals surface area contributed by atoms with E-state index in [9.17, 15) is 0 Å². The van der Waals surface area contributed by atoms with Crippen molar-refractivity contribution in [3.05, 3.63) is 58.5 Å². The van der Waals surface area contributed by atoms with Crippen LogP contribution >= 0.6 is 0 Å². The van der Waals surface area contributed by atoms with Crippen molar-refractivity contribution in [3.63, 3.8) is 0 Å². The minimum absolute atomic E-state index is 0.626. The predicted molar refractivity (Wildman–Crippen MR) is 96.6 cm³/mol. The minimum Gasteiger partial charge on any atom is -0.338 e. The zero-order valence-electron chi connectivity index (χ0n) is 15.6. The fraction of sp³-hybridized carbons (Fsp3) is 0.421. The van der Waals surface area contributed by atoms with E-state index in [0.29, 0.717) is 12.4 Å². The Labute approximate surface area is 148 Å². The summed E-state index contributed by atoms with van der Waals surface area (Å²) in [5, 5.41) is 8.71. The molecule has 25 heavy (non-hydrogen) atoms. The van der Waals surface area contributed by atoms with E-state index in [1.807, 2.05) is 23.7 Å². The first-order valence-electron chi connectivity index (χ1n) is 8.60. The van der Waals surface area contributed by atoms with Crippen molar-refractivity contribution >= 4 is 0 Å². The van der Waals surface area contributed by atoms with Crippen LogP contribution in [-0.4, -0.2) is 31.9 Å². The number of para-hydroxylation sites is 1. The average Bonchev–Trinajstić information content (AvgIpc) is 3.15. The van der Waals surface area contributed by atoms with Gasteiger partial charge in [-0.05, 0) is 39.4 Å². The molecular formula is C19H25N5O. The summed E-state index contributed by atoms with van der Waals surface area (Å²) in [5.74, 6) is 1.41. The molecule has 0 atom stereocenters. The lowest BCUT2D eigenvalue weighted by Gasteiger charge is -2.15. The topological polar surface area (TPSA) is 60.0 Å². The Morgan fingerprint density at radius 3 is 2.56 bits per heavy atom. The zero-order valence-corrected chi connectivity index (χ0v) is 15.6. The summed E-state index contributed by atoms with van der Waals surface area (Å²) in [4.78, 5) is 6.55. The number of hydrogen-bond donors (Lipinski definition) is 0. The second-order valence-corrected chi connectivity index (χ2v) is 6.48. The van der Waals surface area contributed by atoms with Crippen LogP contribution in [-0.2, 0) is 19.5 Å². The van der Waals surface area contributed by atoms with Gasteiger partial charge in [-0.2, -0.15) is 10.1 Å². The van der Waals surface area contributed by atoms with Crippen molar-refractivity contribution in [1.29, 1.82) is 0 Å². The van der Waals surface area contributed by atoms with Gasteiger partial charge < -0.3 is 4.52 Å². The SMILES string of the molecule is CCc1noc(CN(C)Cc2c(C)nn(-c3ccccc3C)c2C)n1. The monoisotopic (exact) mass is 339 g/mol. The fourth-order valence-electron chi connectivity index (χ4n) is 2.99. The maximum absolute atomic E-state index is 5.29. The molecule has 3 rings (SSSR count). The summed E-state index contributed by atoms with van der Waals surface area (Å²) in [6, 6.07) is 8.31. The van der Waals surface area contributed by atoms with Gasteiger partial charge in [-0.3, -0.25) is 4.90 Å². The number of aryl methyl sites for hydroxylation is 3. The Hall–Kier alpha value is -2.47. The molecule has 2 heterocycles. The minimum atomic E-state index is 0.626. The smallest absolute Gasteiger partial charge is 0.240 e. The molecule has 2 aromatic heterocycles. The molecule has 0 aliphatic rings. The number of rotatable bonds is 6. The zero-order chi connectivity index (χ0) is 18.0. The van der Waals surface area contributed by atoms with Crippen LogP contribution in [0.3, 0.4) is 0 Å². The summed E-state index contributed by atoms with van der Waals surface area (Å²) >= 11 is 0. The quantitative estimate of drug-likeness (QED) is 0.689. The highest BCUT2D eigenvalue weighted by Gasteiger charge is 2.16. The van der Waals surface area contributed by atoms with Gasteiger partial charge in [0.15, 0.2) is 5.82 Å². The maximum atomic E-state index is 5.29. The molecule has 0 aliphatic heterocycles. The third-order valence-corrected chi connectivity index (χ3v) is 4.44. The molecule has 0 bridgehead atoms. The van der Waals surface area contributed by atoms with Crippen LogP contribution in [0, 0.1) is 20.8 Å². The van der Waals surface area contributed by atoms with Gasteiger partial charge >= 0.3 is 0 Å². The van der Waals surface area contributed by atoms with E-state index >= 15 is 0 Å². The summed E-state index contributed by atoms with van der Waals surface area (Å²) in [7, 11) is 2.06. The van der Waals surface area contributed by atoms with E-state index < -0.39 is 0 Å². The Kier molecular flexibility index (Phi) is 4.99. The van der Waals surface area contributed by atoms with Crippen LogP contribution in [0.4, 0.5) is 0 Å². The summed E-state index contributed by atoms with van der Waals surface area (Å²) in [5.41, 5.74) is 5.79. The van der Waals surface area contributed by atoms with Gasteiger partial charge in [0.2, 0.25) is 5.89 Å². The van der Waals surface area contributed by atoms with E-state index in [1.54, 1.807) is 0 Å². The summed E-state index contributed by atoms with van der Waals surface area (Å²) in [6.07, 6.45) is 0.786. The molecule has 0 saturated carbocycles. The number of aromatic nitrogens is 4. The van der Waals surface area contributed by atoms with E-state index in [1.165, 1.54) is 16.8 Å². The van der Waals surface area contributed by atoms with Gasteiger partial charge in [0.1, 0.15) is 0 Å². The molecule has 0 unspecified atom stereocenters. The van der Waals surface area contributed by atoms with Crippen molar-refractivity contribution in [3.8, 4) is 5.69 Å². The largest absolute Gasteiger partial charge is 0.338 e. The number of benzene rings is 1. The van der Waals surface area contributed by atoms with Gasteiger partial charge in [-0.1, -0.05) is 30.3 Å². The number of hydrogen-bond acceptors (Lipinski definition) is 5. The fourth-order valence-corrected chi connectivity index (χ4v) is 2.99. The van der Waals surface area contributed by atoms with Crippen LogP contribution in [0.1, 0.15) is 41.2 Å². The molecule has 6 nitrogen and oxygen atoms in total. The van der Waals surface area contributed by atoms with Gasteiger partial charge in [-0.15, -0.1) is 0 Å². The summed E-state index contributed by atoms with van der Waals surface area (Å²) in [6.45, 7) is 9.72. The van der Waals surface area contributed by atoms with Gasteiger partial charge in [0.05, 0.1) is 17.9 Å². The van der Waals surface area contributed by atoms with Crippen LogP contribution in [0.5, 0.6) is 0 Å². The molecule has 1 aromatic carbocycles. The van der Waals surface area contributed by atoms with Crippen molar-refractivity contribution < 1.29 is 4.52 Å². The molecule has 0 fully saturated rings. The van der Waals surface area contributed by atoms with Crippen LogP contribution in [0.15, 0.2) is 28.8 Å². The van der Waals surface area contributed by atoms with Gasteiger partial charge in [0.25, 0.3) is 0 Å². The van der Waals surface area contributed by atoms with Crippen LogP contribution in [0.25, 0.3) is 5.69 Å². The molecule has 6 heteroatoms. The van der Waals surface area contributed by atoms with E-state index in [4.69, 9.17) is 9.62 Å². The first-order valence-corrected chi connectivity index (χ1v) is 8.60. The molecule has 0 N–H and O–H groups in total. The standard InChI is InChI=1S/C19H25N5O/c1-6-18-20-19(25-22-18)12-23(5)11-16-14(3)21-24(15(16)4)17-10-8-7-9-13(17)2/h7-10H,6,11-12H2,1-5H3. The second kappa shape index (κ2) is 7.19. The third-order valence-electron chi connectivity index (χ3n) is 4.44. The highest BCUT2D eigenvalue weighted by molar-refractivity contribution is 5.42. The molecule has 132 valence electrons. The average molecular weight is 339 g/mol. The van der Waals surface area contributed by atoms with Crippen molar-refractivity contribution in [1.82, 2.24) is 24.8 Å². The molecule has 0 radical (unpaired) electrons. The van der Waals surface area contributed by atoms with Crippen molar-refractivity contribution in [2.75, 3.05) is 7.05 Å². The van der Waals surface area contributed by atoms with Crippen LogP contribution in [0.2, 0.25) is 0 Å². The molecule has 0 saturated heterocycles. The first kappa shape index (κ1) is 17.4. The van der Waals surface area contributed by atoms with Gasteiger partial charge in [0, 0.05) is 24.2 Å². The third kappa shape index (κ3) is 3.64. The lowest BCUT2D eigenvalue weighted by atomic mass is 10.1. The van der Waals surface area contributed by atoms with Crippen LogP contribution < -0.4 is 0 Å². The van der Waals surface area contributed by atoms with Crippen molar-refractivity contribution in [2.45, 2.75) is 47.2 Å². The Bertz CT molecular complexity index is 865. The normalized spacial score (nSPS) is 11.4. The molecule has 3 aromatic rings. The Balaban J connectivity index is 1.80. The lowest BCUT2D eigenvalue weighted by Crippen LogP contribution is -2.18. The maximum Gasteiger partial charge on any atom is 0.240 e. The molecular weight excluding hydrogens is 314 g/mol. The van der Waals surface area contributed by atoms with E-state index in [-0.39, 0.29) is 0 Å². The Morgan fingerprint density at radius 1 is 1.12 bits per heavy atom. The lowest BCUT2D eigenvalue weighted by molar-refractivity contribution is 0.259. The number of nitrogens with zero attached hydrogens (tertiary/aromatic N) is 5.